The lowest BCUT2D eigenvalue weighted by Crippen LogP contribution is -2.48. The number of nitrogens with one attached hydrogen (secondary N) is 1. The topological polar surface area (TPSA) is 49.4 Å². The third-order valence-corrected chi connectivity index (χ3v) is 6.26. The van der Waals surface area contributed by atoms with Gasteiger partial charge < -0.3 is 10.2 Å². The Morgan fingerprint density at radius 3 is 2.32 bits per heavy atom. The number of amides is 2. The van der Waals surface area contributed by atoms with Crippen LogP contribution in [0.4, 0.5) is 4.39 Å². The van der Waals surface area contributed by atoms with E-state index in [9.17, 15) is 14.0 Å². The molecule has 2 aromatic carbocycles. The first kappa shape index (κ1) is 23.3. The Bertz CT molecular complexity index is 852. The van der Waals surface area contributed by atoms with Gasteiger partial charge in [0.15, 0.2) is 0 Å². The predicted molar refractivity (Wildman–Crippen MR) is 121 cm³/mol. The van der Waals surface area contributed by atoms with Crippen LogP contribution in [-0.2, 0) is 16.0 Å². The molecule has 3 rings (SSSR count). The maximum atomic E-state index is 13.6. The van der Waals surface area contributed by atoms with Crippen LogP contribution in [-0.4, -0.2) is 35.2 Å². The molecule has 0 aliphatic heterocycles. The van der Waals surface area contributed by atoms with Crippen LogP contribution in [0, 0.1) is 11.7 Å². The molecule has 31 heavy (non-hydrogen) atoms. The van der Waals surface area contributed by atoms with Crippen molar-refractivity contribution in [2.45, 2.75) is 51.1 Å². The highest BCUT2D eigenvalue weighted by atomic mass is 35.5. The molecule has 166 valence electrons. The first-order valence-corrected chi connectivity index (χ1v) is 11.5. The number of benzene rings is 2. The molecule has 1 aliphatic rings. The fourth-order valence-corrected chi connectivity index (χ4v) is 4.32. The first-order valence-electron chi connectivity index (χ1n) is 10.9. The summed E-state index contributed by atoms with van der Waals surface area (Å²) in [4.78, 5) is 27.7. The third kappa shape index (κ3) is 6.54. The summed E-state index contributed by atoms with van der Waals surface area (Å²) < 4.78 is 13.6. The molecular weight excluding hydrogens is 415 g/mol. The smallest absolute Gasteiger partial charge is 0.247 e. The van der Waals surface area contributed by atoms with Crippen molar-refractivity contribution in [1.29, 1.82) is 0 Å². The van der Waals surface area contributed by atoms with Crippen LogP contribution in [0.2, 0.25) is 0 Å². The fraction of sp³-hybridized carbons (Fsp3) is 0.440. The molecular formula is C25H30ClFN2O2. The lowest BCUT2D eigenvalue weighted by atomic mass is 9.87. The maximum absolute atomic E-state index is 13.6. The molecule has 0 aromatic heterocycles. The van der Waals surface area contributed by atoms with Crippen molar-refractivity contribution in [1.82, 2.24) is 10.2 Å². The van der Waals surface area contributed by atoms with E-state index >= 15 is 0 Å². The Morgan fingerprint density at radius 1 is 1.06 bits per heavy atom. The van der Waals surface area contributed by atoms with Gasteiger partial charge in [-0.1, -0.05) is 49.4 Å². The van der Waals surface area contributed by atoms with Crippen LogP contribution < -0.4 is 5.32 Å². The number of carbonyl (C=O) groups excluding carboxylic acids is 2. The van der Waals surface area contributed by atoms with Gasteiger partial charge >= 0.3 is 0 Å². The zero-order valence-corrected chi connectivity index (χ0v) is 18.7. The van der Waals surface area contributed by atoms with Crippen LogP contribution in [0.5, 0.6) is 0 Å². The van der Waals surface area contributed by atoms with Crippen LogP contribution in [0.15, 0.2) is 54.6 Å². The minimum atomic E-state index is -0.852. The van der Waals surface area contributed by atoms with E-state index in [1.54, 1.807) is 12.1 Å². The van der Waals surface area contributed by atoms with Crippen molar-refractivity contribution in [3.63, 3.8) is 0 Å². The van der Waals surface area contributed by atoms with Gasteiger partial charge in [-0.2, -0.15) is 0 Å². The van der Waals surface area contributed by atoms with Crippen LogP contribution in [0.1, 0.15) is 49.8 Å². The van der Waals surface area contributed by atoms with Crippen LogP contribution in [0.3, 0.4) is 0 Å². The molecule has 1 aliphatic carbocycles. The van der Waals surface area contributed by atoms with Crippen molar-refractivity contribution in [3.8, 4) is 0 Å². The van der Waals surface area contributed by atoms with Gasteiger partial charge in [0.2, 0.25) is 11.8 Å². The Morgan fingerprint density at radius 2 is 1.71 bits per heavy atom. The second-order valence-corrected chi connectivity index (χ2v) is 8.64. The Balaban J connectivity index is 1.84. The van der Waals surface area contributed by atoms with Gasteiger partial charge in [0.25, 0.3) is 0 Å². The summed E-state index contributed by atoms with van der Waals surface area (Å²) >= 11 is 5.91. The SMILES string of the molecule is CC1CCC(NC(=O)[C@H](c2ccc(F)cc2)N(CCc2ccccc2)C(=O)CCl)CC1. The van der Waals surface area contributed by atoms with Gasteiger partial charge in [-0.05, 0) is 61.3 Å². The van der Waals surface area contributed by atoms with E-state index in [4.69, 9.17) is 11.6 Å². The Kier molecular flexibility index (Phi) is 8.47. The predicted octanol–water partition coefficient (Wildman–Crippen LogP) is 4.87. The molecule has 2 aromatic rings. The molecule has 0 heterocycles. The highest BCUT2D eigenvalue weighted by molar-refractivity contribution is 6.27. The normalized spacial score (nSPS) is 19.5. The van der Waals surface area contributed by atoms with Crippen molar-refractivity contribution >= 4 is 23.4 Å². The van der Waals surface area contributed by atoms with Crippen molar-refractivity contribution in [2.24, 2.45) is 5.92 Å². The number of alkyl halides is 1. The average Bonchev–Trinajstić information content (AvgIpc) is 2.79. The van der Waals surface area contributed by atoms with Crippen LogP contribution >= 0.6 is 11.6 Å². The number of hydrogen-bond acceptors (Lipinski definition) is 2. The molecule has 0 saturated heterocycles. The van der Waals surface area contributed by atoms with Crippen molar-refractivity contribution in [3.05, 3.63) is 71.5 Å². The minimum Gasteiger partial charge on any atom is -0.351 e. The number of nitrogens with zero attached hydrogens (tertiary/aromatic N) is 1. The highest BCUT2D eigenvalue weighted by Gasteiger charge is 2.32. The largest absolute Gasteiger partial charge is 0.351 e. The zero-order valence-electron chi connectivity index (χ0n) is 17.9. The minimum absolute atomic E-state index is 0.0914. The summed E-state index contributed by atoms with van der Waals surface area (Å²) in [6.07, 6.45) is 4.59. The zero-order chi connectivity index (χ0) is 22.2. The van der Waals surface area contributed by atoms with Gasteiger partial charge in [-0.25, -0.2) is 4.39 Å². The van der Waals surface area contributed by atoms with Gasteiger partial charge in [-0.15, -0.1) is 11.6 Å². The Labute approximate surface area is 188 Å². The number of halogens is 2. The number of hydrogen-bond donors (Lipinski definition) is 1. The molecule has 2 amide bonds. The maximum Gasteiger partial charge on any atom is 0.247 e. The molecule has 1 N–H and O–H groups in total. The summed E-state index contributed by atoms with van der Waals surface area (Å²) in [5.74, 6) is -0.497. The van der Waals surface area contributed by atoms with Gasteiger partial charge in [0.05, 0.1) is 0 Å². The molecule has 6 heteroatoms. The molecule has 1 fully saturated rings. The van der Waals surface area contributed by atoms with Crippen molar-refractivity contribution < 1.29 is 14.0 Å². The summed E-state index contributed by atoms with van der Waals surface area (Å²) in [6.45, 7) is 2.57. The van der Waals surface area contributed by atoms with E-state index in [1.807, 2.05) is 30.3 Å². The van der Waals surface area contributed by atoms with Gasteiger partial charge in [0.1, 0.15) is 17.7 Å². The molecule has 4 nitrogen and oxygen atoms in total. The molecule has 1 atom stereocenters. The molecule has 0 unspecified atom stereocenters. The summed E-state index contributed by atoms with van der Waals surface area (Å²) in [5.41, 5.74) is 1.64. The average molecular weight is 445 g/mol. The van der Waals surface area contributed by atoms with Gasteiger partial charge in [0, 0.05) is 12.6 Å². The standard InChI is InChI=1S/C25H30ClFN2O2/c1-18-7-13-22(14-8-18)28-25(31)24(20-9-11-21(27)12-10-20)29(23(30)17-26)16-15-19-5-3-2-4-6-19/h2-6,9-12,18,22,24H,7-8,13-17H2,1H3,(H,28,31)/t18?,22?,24-/m0/s1. The number of rotatable bonds is 8. The van der Waals surface area contributed by atoms with E-state index in [0.29, 0.717) is 24.4 Å². The number of carbonyl (C=O) groups is 2. The molecule has 0 spiro atoms. The Hall–Kier alpha value is -2.40. The summed E-state index contributed by atoms with van der Waals surface area (Å²) in [7, 11) is 0. The van der Waals surface area contributed by atoms with Crippen LogP contribution in [0.25, 0.3) is 0 Å². The third-order valence-electron chi connectivity index (χ3n) is 6.03. The van der Waals surface area contributed by atoms with Crippen molar-refractivity contribution in [2.75, 3.05) is 12.4 Å². The van der Waals surface area contributed by atoms with E-state index in [1.165, 1.54) is 17.0 Å². The molecule has 0 radical (unpaired) electrons. The quantitative estimate of drug-likeness (QED) is 0.590. The first-order chi connectivity index (χ1) is 15.0. The fourth-order valence-electron chi connectivity index (χ4n) is 4.17. The molecule has 1 saturated carbocycles. The van der Waals surface area contributed by atoms with Gasteiger partial charge in [-0.3, -0.25) is 9.59 Å². The summed E-state index contributed by atoms with van der Waals surface area (Å²) in [5, 5.41) is 3.14. The second kappa shape index (κ2) is 11.3. The second-order valence-electron chi connectivity index (χ2n) is 8.38. The lowest BCUT2D eigenvalue weighted by molar-refractivity contribution is -0.139. The van der Waals surface area contributed by atoms with E-state index < -0.39 is 6.04 Å². The highest BCUT2D eigenvalue weighted by Crippen LogP contribution is 2.27. The van der Waals surface area contributed by atoms with E-state index in [2.05, 4.69) is 12.2 Å². The monoisotopic (exact) mass is 444 g/mol. The van der Waals surface area contributed by atoms with E-state index in [0.717, 1.165) is 31.2 Å². The van der Waals surface area contributed by atoms with E-state index in [-0.39, 0.29) is 29.6 Å². The molecule has 0 bridgehead atoms. The lowest BCUT2D eigenvalue weighted by Gasteiger charge is -2.34. The summed E-state index contributed by atoms with van der Waals surface area (Å²) in [6, 6.07) is 14.8.